The van der Waals surface area contributed by atoms with Gasteiger partial charge in [-0.25, -0.2) is 0 Å². The molecule has 1 aliphatic heterocycles. The van der Waals surface area contributed by atoms with Gasteiger partial charge in [-0.3, -0.25) is 0 Å². The molecular weight excluding hydrogens is 264 g/mol. The van der Waals surface area contributed by atoms with Gasteiger partial charge >= 0.3 is 0 Å². The zero-order valence-corrected chi connectivity index (χ0v) is 15.4. The van der Waals surface area contributed by atoms with E-state index in [-0.39, 0.29) is 0 Å². The first kappa shape index (κ1) is 16.5. The van der Waals surface area contributed by atoms with Crippen molar-refractivity contribution in [1.82, 2.24) is 0 Å². The van der Waals surface area contributed by atoms with Gasteiger partial charge in [0, 0.05) is 12.3 Å². The van der Waals surface area contributed by atoms with Crippen LogP contribution in [0, 0.1) is 5.92 Å². The third-order valence-electron chi connectivity index (χ3n) is 5.63. The maximum atomic E-state index is 6.69. The van der Waals surface area contributed by atoms with Crippen molar-refractivity contribution >= 4 is 8.32 Å². The van der Waals surface area contributed by atoms with Crippen LogP contribution in [-0.2, 0) is 9.16 Å². The van der Waals surface area contributed by atoms with Gasteiger partial charge in [-0.15, -0.1) is 0 Å². The normalized spacial score (nSPS) is 33.3. The van der Waals surface area contributed by atoms with Crippen molar-refractivity contribution in [1.29, 1.82) is 0 Å². The quantitative estimate of drug-likeness (QED) is 0.369. The van der Waals surface area contributed by atoms with Crippen molar-refractivity contribution in [3.05, 3.63) is 0 Å². The van der Waals surface area contributed by atoms with Crippen molar-refractivity contribution < 1.29 is 9.16 Å². The number of ether oxygens (including phenoxy) is 1. The molecule has 20 heavy (non-hydrogen) atoms. The first-order valence-electron chi connectivity index (χ1n) is 8.59. The van der Waals surface area contributed by atoms with Crippen LogP contribution >= 0.6 is 0 Å². The summed E-state index contributed by atoms with van der Waals surface area (Å²) >= 11 is 0. The molecule has 0 bridgehead atoms. The summed E-state index contributed by atoms with van der Waals surface area (Å²) in [7, 11) is -1.63. The fourth-order valence-corrected chi connectivity index (χ4v) is 4.57. The maximum Gasteiger partial charge on any atom is 0.192 e. The Morgan fingerprint density at radius 2 is 1.85 bits per heavy atom. The lowest BCUT2D eigenvalue weighted by molar-refractivity contribution is 0.0770. The number of rotatable bonds is 7. The molecule has 0 radical (unpaired) electrons. The second-order valence-corrected chi connectivity index (χ2v) is 13.1. The Balaban J connectivity index is 1.87. The molecule has 3 heteroatoms. The van der Waals surface area contributed by atoms with Gasteiger partial charge < -0.3 is 9.16 Å². The Morgan fingerprint density at radius 3 is 2.45 bits per heavy atom. The predicted molar refractivity (Wildman–Crippen MR) is 87.6 cm³/mol. The maximum absolute atomic E-state index is 6.69. The standard InChI is InChI=1S/C17H34O2Si/c1-7-8-9-10-11-13-14(12-15-16(13)18-15)19-20(5,6)17(2,3)4/h13-16H,7-12H2,1-6H3/t13-,14-,15+,16-/m1/s1. The van der Waals surface area contributed by atoms with Gasteiger partial charge in [0.05, 0.1) is 18.3 Å². The van der Waals surface area contributed by atoms with E-state index in [9.17, 15) is 0 Å². The summed E-state index contributed by atoms with van der Waals surface area (Å²) in [6, 6.07) is 0. The number of unbranched alkanes of at least 4 members (excludes halogenated alkanes) is 3. The van der Waals surface area contributed by atoms with Gasteiger partial charge in [0.15, 0.2) is 8.32 Å². The highest BCUT2D eigenvalue weighted by Crippen LogP contribution is 2.49. The first-order chi connectivity index (χ1) is 9.26. The van der Waals surface area contributed by atoms with Gasteiger partial charge in [-0.2, -0.15) is 0 Å². The average Bonchev–Trinajstić information content (AvgIpc) is 2.99. The van der Waals surface area contributed by atoms with Crippen LogP contribution in [0.25, 0.3) is 0 Å². The molecule has 2 rings (SSSR count). The predicted octanol–water partition coefficient (Wildman–Crippen LogP) is 5.13. The Morgan fingerprint density at radius 1 is 1.15 bits per heavy atom. The molecule has 1 saturated heterocycles. The molecular formula is C17H34O2Si. The van der Waals surface area contributed by atoms with Crippen LogP contribution in [-0.4, -0.2) is 26.6 Å². The Labute approximate surface area is 126 Å². The molecule has 0 unspecified atom stereocenters. The van der Waals surface area contributed by atoms with Crippen molar-refractivity contribution in [2.24, 2.45) is 5.92 Å². The molecule has 0 aromatic carbocycles. The third kappa shape index (κ3) is 3.66. The number of epoxide rings is 1. The SMILES string of the molecule is CCCCCC[C@H]1[C@H]2O[C@H]2C[C@H]1O[Si](C)(C)C(C)(C)C. The summed E-state index contributed by atoms with van der Waals surface area (Å²) < 4.78 is 12.5. The van der Waals surface area contributed by atoms with Crippen LogP contribution in [0.4, 0.5) is 0 Å². The van der Waals surface area contributed by atoms with Crippen LogP contribution in [0.2, 0.25) is 18.1 Å². The van der Waals surface area contributed by atoms with E-state index in [2.05, 4.69) is 40.8 Å². The molecule has 1 aliphatic carbocycles. The lowest BCUT2D eigenvalue weighted by Gasteiger charge is -2.40. The van der Waals surface area contributed by atoms with E-state index in [1.165, 1.54) is 32.1 Å². The molecule has 1 saturated carbocycles. The minimum absolute atomic E-state index is 0.313. The second-order valence-electron chi connectivity index (χ2n) is 8.30. The molecule has 2 nitrogen and oxygen atoms in total. The number of hydrogen-bond acceptors (Lipinski definition) is 2. The molecule has 2 aliphatic rings. The molecule has 2 fully saturated rings. The Hall–Kier alpha value is 0.137. The molecule has 4 atom stereocenters. The third-order valence-corrected chi connectivity index (χ3v) is 10.1. The molecule has 0 spiro atoms. The summed E-state index contributed by atoms with van der Waals surface area (Å²) in [4.78, 5) is 0. The van der Waals surface area contributed by atoms with Crippen molar-refractivity contribution in [2.75, 3.05) is 0 Å². The van der Waals surface area contributed by atoms with E-state index < -0.39 is 8.32 Å². The van der Waals surface area contributed by atoms with Crippen LogP contribution in [0.1, 0.15) is 66.2 Å². The zero-order valence-electron chi connectivity index (χ0n) is 14.4. The fraction of sp³-hybridized carbons (Fsp3) is 1.00. The topological polar surface area (TPSA) is 21.8 Å². The monoisotopic (exact) mass is 298 g/mol. The molecule has 0 N–H and O–H groups in total. The fourth-order valence-electron chi connectivity index (χ4n) is 3.19. The number of hydrogen-bond donors (Lipinski definition) is 0. The molecule has 1 heterocycles. The summed E-state index contributed by atoms with van der Waals surface area (Å²) in [5.74, 6) is 0.672. The van der Waals surface area contributed by atoms with E-state index in [0.29, 0.717) is 29.3 Å². The largest absolute Gasteiger partial charge is 0.413 e. The van der Waals surface area contributed by atoms with Gasteiger partial charge in [0.2, 0.25) is 0 Å². The molecule has 118 valence electrons. The van der Waals surface area contributed by atoms with E-state index >= 15 is 0 Å². The lowest BCUT2D eigenvalue weighted by atomic mass is 9.97. The average molecular weight is 299 g/mol. The molecule has 0 aromatic heterocycles. The first-order valence-corrected chi connectivity index (χ1v) is 11.5. The summed E-state index contributed by atoms with van der Waals surface area (Å²) in [6.07, 6.45) is 9.40. The minimum atomic E-state index is -1.63. The molecule has 0 amide bonds. The number of fused-ring (bicyclic) bond motifs is 1. The van der Waals surface area contributed by atoms with Crippen molar-refractivity contribution in [3.63, 3.8) is 0 Å². The van der Waals surface area contributed by atoms with Crippen molar-refractivity contribution in [2.45, 2.75) is 103 Å². The summed E-state index contributed by atoms with van der Waals surface area (Å²) in [5, 5.41) is 0.313. The van der Waals surface area contributed by atoms with Gasteiger partial charge in [0.25, 0.3) is 0 Å². The van der Waals surface area contributed by atoms with E-state index in [1.807, 2.05) is 0 Å². The lowest BCUT2D eigenvalue weighted by Crippen LogP contribution is -2.45. The van der Waals surface area contributed by atoms with Crippen molar-refractivity contribution in [3.8, 4) is 0 Å². The van der Waals surface area contributed by atoms with E-state index in [0.717, 1.165) is 6.42 Å². The second kappa shape index (κ2) is 6.10. The van der Waals surface area contributed by atoms with Gasteiger partial charge in [0.1, 0.15) is 0 Å². The highest BCUT2D eigenvalue weighted by molar-refractivity contribution is 6.74. The van der Waals surface area contributed by atoms with E-state index in [4.69, 9.17) is 9.16 Å². The summed E-state index contributed by atoms with van der Waals surface area (Å²) in [6.45, 7) is 14.0. The van der Waals surface area contributed by atoms with Crippen LogP contribution in [0.3, 0.4) is 0 Å². The Bertz CT molecular complexity index is 321. The van der Waals surface area contributed by atoms with Crippen LogP contribution in [0.15, 0.2) is 0 Å². The van der Waals surface area contributed by atoms with Gasteiger partial charge in [-0.05, 0) is 24.6 Å². The molecule has 0 aromatic rings. The smallest absolute Gasteiger partial charge is 0.192 e. The highest BCUT2D eigenvalue weighted by Gasteiger charge is 2.57. The highest BCUT2D eigenvalue weighted by atomic mass is 28.4. The van der Waals surface area contributed by atoms with E-state index in [1.54, 1.807) is 0 Å². The zero-order chi connectivity index (χ0) is 15.0. The minimum Gasteiger partial charge on any atom is -0.413 e. The Kier molecular flexibility index (Phi) is 5.03. The van der Waals surface area contributed by atoms with Crippen LogP contribution < -0.4 is 0 Å². The van der Waals surface area contributed by atoms with Crippen LogP contribution in [0.5, 0.6) is 0 Å². The summed E-state index contributed by atoms with van der Waals surface area (Å²) in [5.41, 5.74) is 0. The van der Waals surface area contributed by atoms with Gasteiger partial charge in [-0.1, -0.05) is 53.4 Å².